The third-order valence-corrected chi connectivity index (χ3v) is 4.86. The number of phenols is 3. The predicted octanol–water partition coefficient (Wildman–Crippen LogP) is 2.91. The second-order valence-corrected chi connectivity index (χ2v) is 6.95. The topological polar surface area (TPSA) is 118 Å². The first-order valence-corrected chi connectivity index (χ1v) is 8.36. The molecule has 1 saturated heterocycles. The van der Waals surface area contributed by atoms with E-state index < -0.39 is 17.6 Å². The summed E-state index contributed by atoms with van der Waals surface area (Å²) in [5, 5.41) is 37.7. The van der Waals surface area contributed by atoms with Gasteiger partial charge in [-0.1, -0.05) is 30.0 Å². The Morgan fingerprint density at radius 3 is 2.38 bits per heavy atom. The van der Waals surface area contributed by atoms with Gasteiger partial charge in [-0.2, -0.15) is 0 Å². The van der Waals surface area contributed by atoms with Crippen molar-refractivity contribution in [3.63, 3.8) is 0 Å². The molecule has 1 heterocycles. The van der Waals surface area contributed by atoms with Crippen molar-refractivity contribution in [3.8, 4) is 17.2 Å². The van der Waals surface area contributed by atoms with Crippen molar-refractivity contribution < 1.29 is 30.0 Å². The van der Waals surface area contributed by atoms with E-state index in [2.05, 4.69) is 0 Å². The van der Waals surface area contributed by atoms with E-state index >= 15 is 0 Å². The summed E-state index contributed by atoms with van der Waals surface area (Å²) in [6.07, 6.45) is 1.50. The Kier molecular flexibility index (Phi) is 4.58. The monoisotopic (exact) mass is 389 g/mol. The molecule has 132 valence electrons. The Morgan fingerprint density at radius 2 is 1.77 bits per heavy atom. The average molecular weight is 389 g/mol. The van der Waals surface area contributed by atoms with E-state index in [9.17, 15) is 24.9 Å². The maximum absolute atomic E-state index is 12.6. The molecular weight excluding hydrogens is 378 g/mol. The van der Waals surface area contributed by atoms with Crippen molar-refractivity contribution >= 4 is 51.9 Å². The van der Waals surface area contributed by atoms with Gasteiger partial charge >= 0.3 is 5.97 Å². The quantitative estimate of drug-likeness (QED) is 0.360. The van der Waals surface area contributed by atoms with Gasteiger partial charge in [0.1, 0.15) is 11.3 Å². The molecular formula is C17H11NO6S2. The summed E-state index contributed by atoms with van der Waals surface area (Å²) in [4.78, 5) is 25.1. The third kappa shape index (κ3) is 3.22. The van der Waals surface area contributed by atoms with Crippen LogP contribution in [0.2, 0.25) is 0 Å². The van der Waals surface area contributed by atoms with Crippen molar-refractivity contribution in [3.05, 3.63) is 52.4 Å². The minimum absolute atomic E-state index is 0.215. The number of nitrogens with zero attached hydrogens (tertiary/aromatic N) is 1. The van der Waals surface area contributed by atoms with Crippen LogP contribution in [0.5, 0.6) is 17.2 Å². The summed E-state index contributed by atoms with van der Waals surface area (Å²) < 4.78 is 0.215. The molecule has 0 spiro atoms. The fraction of sp³-hybridized carbons (Fsp3) is 0. The number of phenolic OH excluding ortho intramolecular Hbond substituents is 2. The normalized spacial score (nSPS) is 15.7. The highest BCUT2D eigenvalue weighted by molar-refractivity contribution is 8.27. The lowest BCUT2D eigenvalue weighted by Gasteiger charge is -2.15. The number of hydrogen-bond donors (Lipinski definition) is 4. The Labute approximate surface area is 156 Å². The lowest BCUT2D eigenvalue weighted by Crippen LogP contribution is -2.27. The number of carboxylic acids is 1. The van der Waals surface area contributed by atoms with Gasteiger partial charge in [0.05, 0.1) is 10.6 Å². The lowest BCUT2D eigenvalue weighted by molar-refractivity contribution is -0.113. The van der Waals surface area contributed by atoms with E-state index in [1.165, 1.54) is 41.3 Å². The van der Waals surface area contributed by atoms with Crippen LogP contribution < -0.4 is 4.90 Å². The highest BCUT2D eigenvalue weighted by Crippen LogP contribution is 2.38. The Bertz CT molecular complexity index is 985. The minimum atomic E-state index is -1.29. The highest BCUT2D eigenvalue weighted by atomic mass is 32.2. The average Bonchev–Trinajstić information content (AvgIpc) is 2.84. The molecule has 0 aromatic heterocycles. The van der Waals surface area contributed by atoms with E-state index in [1.54, 1.807) is 0 Å². The number of rotatable bonds is 3. The molecule has 3 rings (SSSR count). The fourth-order valence-corrected chi connectivity index (χ4v) is 3.61. The molecule has 9 heteroatoms. The van der Waals surface area contributed by atoms with Gasteiger partial charge in [-0.05, 0) is 35.9 Å². The van der Waals surface area contributed by atoms with Gasteiger partial charge in [-0.3, -0.25) is 9.69 Å². The van der Waals surface area contributed by atoms with Crippen LogP contribution >= 0.6 is 24.0 Å². The largest absolute Gasteiger partial charge is 0.507 e. The zero-order valence-electron chi connectivity index (χ0n) is 12.9. The van der Waals surface area contributed by atoms with Crippen molar-refractivity contribution in [2.24, 2.45) is 0 Å². The molecule has 1 aliphatic rings. The molecule has 2 aromatic rings. The molecule has 0 unspecified atom stereocenters. The van der Waals surface area contributed by atoms with Gasteiger partial charge in [-0.25, -0.2) is 4.79 Å². The van der Waals surface area contributed by atoms with Crippen LogP contribution in [0.15, 0.2) is 41.3 Å². The molecule has 0 aliphatic carbocycles. The Hall–Kier alpha value is -3.04. The minimum Gasteiger partial charge on any atom is -0.507 e. The number of carbonyl (C=O) groups excluding carboxylic acids is 1. The van der Waals surface area contributed by atoms with Gasteiger partial charge in [0.25, 0.3) is 5.91 Å². The maximum atomic E-state index is 12.6. The van der Waals surface area contributed by atoms with Crippen LogP contribution in [0.3, 0.4) is 0 Å². The number of thioether (sulfide) groups is 1. The predicted molar refractivity (Wildman–Crippen MR) is 100 cm³/mol. The molecule has 26 heavy (non-hydrogen) atoms. The van der Waals surface area contributed by atoms with E-state index in [4.69, 9.17) is 17.3 Å². The third-order valence-electron chi connectivity index (χ3n) is 3.56. The summed E-state index contributed by atoms with van der Waals surface area (Å²) in [6, 6.07) is 7.84. The highest BCUT2D eigenvalue weighted by Gasteiger charge is 2.33. The number of aromatic hydroxyl groups is 3. The molecule has 0 bridgehead atoms. The number of benzene rings is 2. The van der Waals surface area contributed by atoms with Gasteiger partial charge in [0.2, 0.25) is 0 Å². The first-order chi connectivity index (χ1) is 12.3. The molecule has 1 amide bonds. The summed E-state index contributed by atoms with van der Waals surface area (Å²) in [5.74, 6) is -2.80. The number of carbonyl (C=O) groups is 2. The fourth-order valence-electron chi connectivity index (χ4n) is 2.31. The van der Waals surface area contributed by atoms with E-state index in [0.717, 1.165) is 17.8 Å². The van der Waals surface area contributed by atoms with E-state index in [0.29, 0.717) is 5.56 Å². The lowest BCUT2D eigenvalue weighted by atomic mass is 10.1. The smallest absolute Gasteiger partial charge is 0.339 e. The van der Waals surface area contributed by atoms with Gasteiger partial charge in [-0.15, -0.1) is 0 Å². The molecule has 0 radical (unpaired) electrons. The van der Waals surface area contributed by atoms with Crippen molar-refractivity contribution in [2.45, 2.75) is 0 Å². The number of anilines is 1. The SMILES string of the molecule is O=C(O)c1ccc(N2C(=O)/C(=C/c3ccc(O)c(O)c3)SC2=S)cc1O. The molecule has 1 fully saturated rings. The number of amides is 1. The first-order valence-electron chi connectivity index (χ1n) is 7.14. The zero-order chi connectivity index (χ0) is 19.0. The van der Waals surface area contributed by atoms with Crippen molar-refractivity contribution in [1.29, 1.82) is 0 Å². The molecule has 4 N–H and O–H groups in total. The van der Waals surface area contributed by atoms with Crippen LogP contribution in [0.1, 0.15) is 15.9 Å². The van der Waals surface area contributed by atoms with Crippen LogP contribution in [0, 0.1) is 0 Å². The molecule has 2 aromatic carbocycles. The Morgan fingerprint density at radius 1 is 1.04 bits per heavy atom. The molecule has 1 aliphatic heterocycles. The van der Waals surface area contributed by atoms with Crippen LogP contribution in [0.25, 0.3) is 6.08 Å². The summed E-state index contributed by atoms with van der Waals surface area (Å²) in [5.41, 5.74) is 0.450. The molecule has 0 saturated carbocycles. The van der Waals surface area contributed by atoms with Crippen LogP contribution in [-0.4, -0.2) is 36.6 Å². The number of thiocarbonyl (C=S) groups is 1. The number of hydrogen-bond acceptors (Lipinski definition) is 7. The summed E-state index contributed by atoms with van der Waals surface area (Å²) in [6.45, 7) is 0. The summed E-state index contributed by atoms with van der Waals surface area (Å²) >= 11 is 6.23. The van der Waals surface area contributed by atoms with Gasteiger partial charge < -0.3 is 20.4 Å². The van der Waals surface area contributed by atoms with Gasteiger partial charge in [0.15, 0.2) is 15.8 Å². The maximum Gasteiger partial charge on any atom is 0.339 e. The number of aromatic carboxylic acids is 1. The van der Waals surface area contributed by atoms with Gasteiger partial charge in [0, 0.05) is 6.07 Å². The van der Waals surface area contributed by atoms with Crippen LogP contribution in [0.4, 0.5) is 5.69 Å². The van der Waals surface area contributed by atoms with Crippen molar-refractivity contribution in [1.82, 2.24) is 0 Å². The van der Waals surface area contributed by atoms with E-state index in [-0.39, 0.29) is 32.0 Å². The molecule has 0 atom stereocenters. The Balaban J connectivity index is 1.94. The second-order valence-electron chi connectivity index (χ2n) is 5.27. The van der Waals surface area contributed by atoms with E-state index in [1.807, 2.05) is 0 Å². The first kappa shape index (κ1) is 17.8. The second kappa shape index (κ2) is 6.70. The van der Waals surface area contributed by atoms with Crippen molar-refractivity contribution in [2.75, 3.05) is 4.90 Å². The molecule has 7 nitrogen and oxygen atoms in total. The standard InChI is InChI=1S/C17H11NO6S2/c19-11-4-1-8(5-13(11)21)6-14-15(22)18(17(25)26-14)9-2-3-10(16(23)24)12(20)7-9/h1-7,19-21H,(H,23,24)/b14-6-. The zero-order valence-corrected chi connectivity index (χ0v) is 14.5. The summed E-state index contributed by atoms with van der Waals surface area (Å²) in [7, 11) is 0. The van der Waals surface area contributed by atoms with Crippen LogP contribution in [-0.2, 0) is 4.79 Å². The number of carboxylic acid groups (broad SMARTS) is 1.